The Morgan fingerprint density at radius 2 is 2.12 bits per heavy atom. The molecule has 1 rings (SSSR count). The lowest BCUT2D eigenvalue weighted by Crippen LogP contribution is -2.05. The topological polar surface area (TPSA) is 44.6 Å². The van der Waals surface area contributed by atoms with Crippen LogP contribution in [0.25, 0.3) is 10.8 Å². The molecule has 0 aliphatic carbocycles. The summed E-state index contributed by atoms with van der Waals surface area (Å²) in [6.45, 7) is 0. The third-order valence-electron chi connectivity index (χ3n) is 0.830. The van der Waals surface area contributed by atoms with E-state index in [-0.39, 0.29) is 10.7 Å². The summed E-state index contributed by atoms with van der Waals surface area (Å²) in [5, 5.41) is 17.5. The minimum Gasteiger partial charge on any atom is -0.751 e. The van der Waals surface area contributed by atoms with Gasteiger partial charge in [-0.1, -0.05) is 0 Å². The molecular weight excluding hydrogens is 100 g/mol. The molecule has 2 nitrogen and oxygen atoms in total. The van der Waals surface area contributed by atoms with E-state index in [0.29, 0.717) is 0 Å². The fraction of sp³-hybridized carbons (Fsp3) is 0. The van der Waals surface area contributed by atoms with Crippen molar-refractivity contribution < 1.29 is 0 Å². The summed E-state index contributed by atoms with van der Waals surface area (Å²) < 4.78 is 0. The van der Waals surface area contributed by atoms with Crippen molar-refractivity contribution in [3.63, 3.8) is 0 Å². The molecule has 2 heteroatoms. The summed E-state index contributed by atoms with van der Waals surface area (Å²) in [6, 6.07) is 5.85. The SMILES string of the molecule is [N-]=c1cc[cH+]c(=[N-])[cH+]1. The van der Waals surface area contributed by atoms with Crippen molar-refractivity contribution in [2.24, 2.45) is 0 Å². The second kappa shape index (κ2) is 1.74. The predicted octanol–water partition coefficient (Wildman–Crippen LogP) is 0.0646. The lowest BCUT2D eigenvalue weighted by atomic mass is 10.3. The minimum absolute atomic E-state index is 0.0880. The summed E-state index contributed by atoms with van der Waals surface area (Å²) in [5.41, 5.74) is 0. The van der Waals surface area contributed by atoms with Crippen molar-refractivity contribution in [3.05, 3.63) is 45.8 Å². The molecule has 0 atom stereocenters. The van der Waals surface area contributed by atoms with Crippen LogP contribution in [-0.4, -0.2) is 0 Å². The van der Waals surface area contributed by atoms with Crippen LogP contribution < -0.4 is 10.7 Å². The zero-order chi connectivity index (χ0) is 5.98. The van der Waals surface area contributed by atoms with Crippen LogP contribution in [-0.2, 0) is 0 Å². The van der Waals surface area contributed by atoms with Gasteiger partial charge in [-0.05, 0) is 0 Å². The molecule has 0 saturated carbocycles. The largest absolute Gasteiger partial charge is 0.751 e. The molecule has 0 amide bonds. The maximum Gasteiger partial charge on any atom is 0.154 e. The maximum atomic E-state index is 8.65. The average Bonchev–Trinajstić information content (AvgIpc) is 1.64. The predicted molar refractivity (Wildman–Crippen MR) is 30.6 cm³/mol. The zero-order valence-electron chi connectivity index (χ0n) is 4.20. The van der Waals surface area contributed by atoms with Gasteiger partial charge in [-0.2, -0.15) is 0 Å². The van der Waals surface area contributed by atoms with Gasteiger partial charge in [0.25, 0.3) is 0 Å². The van der Waals surface area contributed by atoms with Gasteiger partial charge < -0.3 is 10.8 Å². The Labute approximate surface area is 46.8 Å². The Morgan fingerprint density at radius 1 is 1.38 bits per heavy atom. The highest BCUT2D eigenvalue weighted by Gasteiger charge is 1.81. The molecule has 0 radical (unpaired) electrons. The first-order valence-corrected chi connectivity index (χ1v) is 2.27. The third kappa shape index (κ3) is 0.904. The summed E-state index contributed by atoms with van der Waals surface area (Å²) >= 11 is 0. The molecule has 1 aromatic rings. The van der Waals surface area contributed by atoms with E-state index in [1.165, 1.54) is 18.2 Å². The highest BCUT2D eigenvalue weighted by atomic mass is 14.4. The fourth-order valence-electron chi connectivity index (χ4n) is 0.493. The van der Waals surface area contributed by atoms with Crippen molar-refractivity contribution in [1.82, 2.24) is 0 Å². The van der Waals surface area contributed by atoms with Crippen LogP contribution in [0.3, 0.4) is 0 Å². The Morgan fingerprint density at radius 3 is 2.50 bits per heavy atom. The number of benzene rings is 1. The lowest BCUT2D eigenvalue weighted by molar-refractivity contribution is 1.53. The van der Waals surface area contributed by atoms with Gasteiger partial charge in [0.2, 0.25) is 0 Å². The molecule has 0 spiro atoms. The van der Waals surface area contributed by atoms with Crippen LogP contribution >= 0.6 is 0 Å². The van der Waals surface area contributed by atoms with Crippen LogP contribution in [0, 0.1) is 0 Å². The van der Waals surface area contributed by atoms with Crippen LogP contribution in [0.4, 0.5) is 0 Å². The van der Waals surface area contributed by atoms with Gasteiger partial charge in [0.15, 0.2) is 6.07 Å². The molecule has 0 fully saturated rings. The van der Waals surface area contributed by atoms with Gasteiger partial charge in [-0.25, -0.2) is 0 Å². The fourth-order valence-corrected chi connectivity index (χ4v) is 0.493. The van der Waals surface area contributed by atoms with Gasteiger partial charge in [-0.3, -0.25) is 0 Å². The normalized spacial score (nSPS) is 9.00. The van der Waals surface area contributed by atoms with E-state index >= 15 is 0 Å². The summed E-state index contributed by atoms with van der Waals surface area (Å²) in [6.07, 6.45) is 0. The van der Waals surface area contributed by atoms with Gasteiger partial charge in [0, 0.05) is 0 Å². The molecular formula is C6H4N2. The number of hydrogen-bond acceptors (Lipinski definition) is 0. The van der Waals surface area contributed by atoms with E-state index in [0.717, 1.165) is 0 Å². The number of rotatable bonds is 0. The summed E-state index contributed by atoms with van der Waals surface area (Å²) in [7, 11) is 0. The van der Waals surface area contributed by atoms with E-state index in [2.05, 4.69) is 0 Å². The van der Waals surface area contributed by atoms with Gasteiger partial charge in [0.05, 0.1) is 10.7 Å². The highest BCUT2D eigenvalue weighted by molar-refractivity contribution is 5.02. The van der Waals surface area contributed by atoms with E-state index in [1.54, 1.807) is 6.07 Å². The highest BCUT2D eigenvalue weighted by Crippen LogP contribution is 1.64. The Bertz CT molecular complexity index is 241. The monoisotopic (exact) mass is 104 g/mol. The van der Waals surface area contributed by atoms with Crippen molar-refractivity contribution in [3.8, 4) is 0 Å². The molecule has 0 unspecified atom stereocenters. The average molecular weight is 104 g/mol. The molecule has 0 aromatic heterocycles. The molecule has 1 aromatic carbocycles. The van der Waals surface area contributed by atoms with Crippen molar-refractivity contribution >= 4 is 0 Å². The van der Waals surface area contributed by atoms with E-state index in [1.807, 2.05) is 0 Å². The van der Waals surface area contributed by atoms with E-state index in [9.17, 15) is 0 Å². The molecule has 0 aliphatic rings. The Balaban J connectivity index is 3.50. The molecule has 0 heterocycles. The van der Waals surface area contributed by atoms with Crippen LogP contribution in [0.1, 0.15) is 0 Å². The standard InChI is InChI=1S/C6H4N2/c7-5-2-1-3-6(8)4-5/h1-4H. The minimum atomic E-state index is 0.0880. The van der Waals surface area contributed by atoms with Gasteiger partial charge in [-0.15, -0.1) is 0 Å². The quantitative estimate of drug-likeness (QED) is 0.418. The second-order valence-electron chi connectivity index (χ2n) is 1.52. The molecule has 0 aliphatic heterocycles. The van der Waals surface area contributed by atoms with Crippen molar-refractivity contribution in [2.75, 3.05) is 0 Å². The van der Waals surface area contributed by atoms with Crippen molar-refractivity contribution in [1.29, 1.82) is 0 Å². The molecule has 0 saturated heterocycles. The first kappa shape index (κ1) is 4.97. The summed E-state index contributed by atoms with van der Waals surface area (Å²) in [5.74, 6) is 0. The first-order valence-electron chi connectivity index (χ1n) is 2.27. The smallest absolute Gasteiger partial charge is 0.154 e. The molecule has 0 N–H and O–H groups in total. The molecule has 0 bridgehead atoms. The maximum absolute atomic E-state index is 8.65. The number of hydrogen-bond donors (Lipinski definition) is 0. The summed E-state index contributed by atoms with van der Waals surface area (Å²) in [4.78, 5) is 0. The second-order valence-corrected chi connectivity index (χ2v) is 1.52. The van der Waals surface area contributed by atoms with Crippen LogP contribution in [0.2, 0.25) is 0 Å². The van der Waals surface area contributed by atoms with Crippen LogP contribution in [0.15, 0.2) is 24.3 Å². The zero-order valence-corrected chi connectivity index (χ0v) is 4.20. The molecule has 8 heavy (non-hydrogen) atoms. The van der Waals surface area contributed by atoms with E-state index in [4.69, 9.17) is 10.8 Å². The Hall–Kier alpha value is -1.18. The van der Waals surface area contributed by atoms with E-state index < -0.39 is 0 Å². The van der Waals surface area contributed by atoms with Gasteiger partial charge in [0.1, 0.15) is 18.2 Å². The van der Waals surface area contributed by atoms with Crippen LogP contribution in [0.5, 0.6) is 0 Å². The lowest BCUT2D eigenvalue weighted by Gasteiger charge is -1.74. The number of nitrogens with zero attached hydrogens (tertiary/aromatic N) is 2. The van der Waals surface area contributed by atoms with Gasteiger partial charge >= 0.3 is 0 Å². The third-order valence-corrected chi connectivity index (χ3v) is 0.830. The van der Waals surface area contributed by atoms with Crippen molar-refractivity contribution in [2.45, 2.75) is 0 Å². The molecule has 38 valence electrons. The first-order chi connectivity index (χ1) is 3.79. The Kier molecular flexibility index (Phi) is 1.08.